The van der Waals surface area contributed by atoms with Gasteiger partial charge < -0.3 is 10.1 Å². The van der Waals surface area contributed by atoms with Crippen LogP contribution in [0.3, 0.4) is 0 Å². The minimum atomic E-state index is -0.0471. The molecule has 0 fully saturated rings. The summed E-state index contributed by atoms with van der Waals surface area (Å²) < 4.78 is 0.904. The zero-order chi connectivity index (χ0) is 13.3. The minimum Gasteiger partial charge on any atom is -0.411 e. The highest BCUT2D eigenvalue weighted by Gasteiger charge is 2.27. The van der Waals surface area contributed by atoms with Gasteiger partial charge in [0, 0.05) is 28.9 Å². The number of carbonyl (C=O) groups is 1. The van der Waals surface area contributed by atoms with Crippen LogP contribution in [0.5, 0.6) is 0 Å². The van der Waals surface area contributed by atoms with E-state index in [0.717, 1.165) is 15.7 Å². The number of halogens is 1. The van der Waals surface area contributed by atoms with E-state index in [9.17, 15) is 4.79 Å². The Labute approximate surface area is 114 Å². The summed E-state index contributed by atoms with van der Waals surface area (Å²) in [5, 5.41) is 12.4. The summed E-state index contributed by atoms with van der Waals surface area (Å²) in [4.78, 5) is 13.9. The van der Waals surface area contributed by atoms with Gasteiger partial charge in [0.05, 0.1) is 11.4 Å². The number of nitrogens with zero attached hydrogens (tertiary/aromatic N) is 2. The third-order valence-corrected chi connectivity index (χ3v) is 3.51. The van der Waals surface area contributed by atoms with Gasteiger partial charge in [0.1, 0.15) is 0 Å². The van der Waals surface area contributed by atoms with E-state index < -0.39 is 0 Å². The molecule has 0 unspecified atom stereocenters. The van der Waals surface area contributed by atoms with Gasteiger partial charge in [0.15, 0.2) is 0 Å². The zero-order valence-corrected chi connectivity index (χ0v) is 11.9. The Balaban J connectivity index is 2.50. The number of hydrogen-bond acceptors (Lipinski definition) is 3. The van der Waals surface area contributed by atoms with Gasteiger partial charge in [-0.05, 0) is 18.2 Å². The second-order valence-electron chi connectivity index (χ2n) is 4.60. The lowest BCUT2D eigenvalue weighted by Gasteiger charge is -2.31. The van der Waals surface area contributed by atoms with Crippen LogP contribution in [-0.2, 0) is 4.79 Å². The molecule has 1 aliphatic heterocycles. The van der Waals surface area contributed by atoms with Crippen molar-refractivity contribution in [3.8, 4) is 0 Å². The summed E-state index contributed by atoms with van der Waals surface area (Å²) in [6, 6.07) is 5.65. The molecule has 18 heavy (non-hydrogen) atoms. The summed E-state index contributed by atoms with van der Waals surface area (Å²) in [6.07, 6.45) is 0.568. The van der Waals surface area contributed by atoms with Crippen molar-refractivity contribution in [2.24, 2.45) is 11.1 Å². The maximum absolute atomic E-state index is 12.2. The van der Waals surface area contributed by atoms with E-state index >= 15 is 0 Å². The zero-order valence-electron chi connectivity index (χ0n) is 10.4. The van der Waals surface area contributed by atoms with Crippen LogP contribution in [0.25, 0.3) is 0 Å². The van der Waals surface area contributed by atoms with Crippen LogP contribution in [0, 0.1) is 5.92 Å². The summed E-state index contributed by atoms with van der Waals surface area (Å²) in [5.41, 5.74) is 2.25. The van der Waals surface area contributed by atoms with Gasteiger partial charge in [-0.25, -0.2) is 0 Å². The summed E-state index contributed by atoms with van der Waals surface area (Å²) in [5.74, 6) is 0.0460. The lowest BCUT2D eigenvalue weighted by molar-refractivity contribution is -0.121. The molecule has 0 aliphatic carbocycles. The Kier molecular flexibility index (Phi) is 3.71. The molecule has 5 heteroatoms. The van der Waals surface area contributed by atoms with Crippen LogP contribution in [0.4, 0.5) is 5.69 Å². The van der Waals surface area contributed by atoms with E-state index in [-0.39, 0.29) is 11.8 Å². The molecule has 96 valence electrons. The van der Waals surface area contributed by atoms with Crippen molar-refractivity contribution in [3.63, 3.8) is 0 Å². The molecule has 0 aromatic heterocycles. The quantitative estimate of drug-likeness (QED) is 0.640. The Hall–Kier alpha value is -1.36. The molecule has 1 aromatic rings. The number of oxime groups is 1. The van der Waals surface area contributed by atoms with Crippen LogP contribution in [-0.4, -0.2) is 23.4 Å². The van der Waals surface area contributed by atoms with Gasteiger partial charge >= 0.3 is 0 Å². The van der Waals surface area contributed by atoms with Crippen molar-refractivity contribution in [2.45, 2.75) is 20.3 Å². The maximum atomic E-state index is 12.2. The molecule has 4 nitrogen and oxygen atoms in total. The second kappa shape index (κ2) is 5.10. The summed E-state index contributed by atoms with van der Waals surface area (Å²) in [6.45, 7) is 4.33. The molecule has 2 rings (SSSR count). The molecule has 0 saturated carbocycles. The van der Waals surface area contributed by atoms with Crippen molar-refractivity contribution in [3.05, 3.63) is 28.2 Å². The Morgan fingerprint density at radius 1 is 1.50 bits per heavy atom. The van der Waals surface area contributed by atoms with Crippen LogP contribution in [0.2, 0.25) is 0 Å². The largest absolute Gasteiger partial charge is 0.411 e. The maximum Gasteiger partial charge on any atom is 0.229 e. The SMILES string of the molecule is CC(C)C(=O)N1CC/C(=N/O)c2cc(Br)ccc21. The van der Waals surface area contributed by atoms with E-state index in [2.05, 4.69) is 21.1 Å². The molecular weight excluding hydrogens is 296 g/mol. The third kappa shape index (κ3) is 2.27. The van der Waals surface area contributed by atoms with E-state index in [1.54, 1.807) is 4.90 Å². The van der Waals surface area contributed by atoms with Crippen molar-refractivity contribution in [2.75, 3.05) is 11.4 Å². The van der Waals surface area contributed by atoms with Crippen molar-refractivity contribution < 1.29 is 10.0 Å². The topological polar surface area (TPSA) is 52.9 Å². The fourth-order valence-corrected chi connectivity index (χ4v) is 2.45. The first kappa shape index (κ1) is 13.1. The highest BCUT2D eigenvalue weighted by Crippen LogP contribution is 2.31. The smallest absolute Gasteiger partial charge is 0.229 e. The van der Waals surface area contributed by atoms with Gasteiger partial charge in [0.2, 0.25) is 5.91 Å². The third-order valence-electron chi connectivity index (χ3n) is 3.01. The van der Waals surface area contributed by atoms with Gasteiger partial charge in [-0.15, -0.1) is 0 Å². The number of carbonyl (C=O) groups excluding carboxylic acids is 1. The second-order valence-corrected chi connectivity index (χ2v) is 5.52. The van der Waals surface area contributed by atoms with Crippen LogP contribution in [0.15, 0.2) is 27.8 Å². The van der Waals surface area contributed by atoms with E-state index in [4.69, 9.17) is 5.21 Å². The average Bonchev–Trinajstić information content (AvgIpc) is 2.36. The van der Waals surface area contributed by atoms with Crippen molar-refractivity contribution >= 4 is 33.2 Å². The normalized spacial score (nSPS) is 17.1. The molecule has 1 aromatic carbocycles. The molecule has 0 radical (unpaired) electrons. The van der Waals surface area contributed by atoms with E-state index in [0.29, 0.717) is 18.7 Å². The molecule has 0 saturated heterocycles. The molecule has 1 N–H and O–H groups in total. The summed E-state index contributed by atoms with van der Waals surface area (Å²) in [7, 11) is 0. The molecule has 1 aliphatic rings. The van der Waals surface area contributed by atoms with Gasteiger partial charge in [-0.2, -0.15) is 0 Å². The predicted octanol–water partition coefficient (Wildman–Crippen LogP) is 3.02. The fourth-order valence-electron chi connectivity index (χ4n) is 2.09. The van der Waals surface area contributed by atoms with E-state index in [1.165, 1.54) is 0 Å². The monoisotopic (exact) mass is 310 g/mol. The molecule has 1 amide bonds. The van der Waals surface area contributed by atoms with Crippen molar-refractivity contribution in [1.82, 2.24) is 0 Å². The summed E-state index contributed by atoms with van der Waals surface area (Å²) >= 11 is 3.39. The number of hydrogen-bond donors (Lipinski definition) is 1. The minimum absolute atomic E-state index is 0.0471. The Morgan fingerprint density at radius 2 is 2.22 bits per heavy atom. The first-order valence-electron chi connectivity index (χ1n) is 5.87. The highest BCUT2D eigenvalue weighted by molar-refractivity contribution is 9.10. The van der Waals surface area contributed by atoms with Crippen LogP contribution in [0.1, 0.15) is 25.8 Å². The molecule has 0 spiro atoms. The molecule has 1 heterocycles. The lowest BCUT2D eigenvalue weighted by atomic mass is 9.98. The lowest BCUT2D eigenvalue weighted by Crippen LogP contribution is -2.39. The average molecular weight is 311 g/mol. The number of rotatable bonds is 1. The Morgan fingerprint density at radius 3 is 2.83 bits per heavy atom. The fraction of sp³-hybridized carbons (Fsp3) is 0.385. The van der Waals surface area contributed by atoms with Crippen molar-refractivity contribution in [1.29, 1.82) is 0 Å². The van der Waals surface area contributed by atoms with Gasteiger partial charge in [0.25, 0.3) is 0 Å². The van der Waals surface area contributed by atoms with Gasteiger partial charge in [-0.3, -0.25) is 4.79 Å². The molecular formula is C13H15BrN2O2. The number of amides is 1. The Bertz CT molecular complexity index is 512. The highest BCUT2D eigenvalue weighted by atomic mass is 79.9. The van der Waals surface area contributed by atoms with Gasteiger partial charge in [-0.1, -0.05) is 34.9 Å². The molecule has 0 bridgehead atoms. The number of fused-ring (bicyclic) bond motifs is 1. The van der Waals surface area contributed by atoms with Crippen LogP contribution >= 0.6 is 15.9 Å². The standard InChI is InChI=1S/C13H15BrN2O2/c1-8(2)13(17)16-6-5-11(15-18)10-7-9(14)3-4-12(10)16/h3-4,7-8,18H,5-6H2,1-2H3/b15-11-. The first-order valence-corrected chi connectivity index (χ1v) is 6.66. The van der Waals surface area contributed by atoms with E-state index in [1.807, 2.05) is 32.0 Å². The number of benzene rings is 1. The number of anilines is 1. The van der Waals surface area contributed by atoms with Crippen LogP contribution < -0.4 is 4.90 Å². The predicted molar refractivity (Wildman–Crippen MR) is 74.3 cm³/mol. The first-order chi connectivity index (χ1) is 8.54. The molecule has 0 atom stereocenters.